The Morgan fingerprint density at radius 2 is 1.40 bits per heavy atom. The van der Waals surface area contributed by atoms with Crippen LogP contribution in [0.2, 0.25) is 0 Å². The van der Waals surface area contributed by atoms with Gasteiger partial charge >= 0.3 is 0 Å². The molecule has 0 aromatic heterocycles. The lowest BCUT2D eigenvalue weighted by atomic mass is 9.83. The molecule has 0 aliphatic carbocycles. The first-order valence-corrected chi connectivity index (χ1v) is 7.06. The summed E-state index contributed by atoms with van der Waals surface area (Å²) in [4.78, 5) is 0. The number of aryl methyl sites for hydroxylation is 3. The minimum atomic E-state index is 0. The summed E-state index contributed by atoms with van der Waals surface area (Å²) >= 11 is 0. The molecule has 0 saturated carbocycles. The highest BCUT2D eigenvalue weighted by atomic mass is 35.5. The summed E-state index contributed by atoms with van der Waals surface area (Å²) in [6, 6.07) is 13.6. The molecule has 1 N–H and O–H groups in total. The van der Waals surface area contributed by atoms with Crippen LogP contribution in [0.25, 0.3) is 0 Å². The van der Waals surface area contributed by atoms with Crippen LogP contribution in [0.5, 0.6) is 0 Å². The van der Waals surface area contributed by atoms with Crippen LogP contribution in [0.15, 0.2) is 36.4 Å². The van der Waals surface area contributed by atoms with Crippen LogP contribution >= 0.6 is 12.4 Å². The van der Waals surface area contributed by atoms with Gasteiger partial charge in [-0.3, -0.25) is 0 Å². The third kappa shape index (κ3) is 2.48. The average Bonchev–Trinajstić information content (AvgIpc) is 2.39. The molecule has 2 aromatic rings. The van der Waals surface area contributed by atoms with Gasteiger partial charge in [-0.2, -0.15) is 0 Å². The molecule has 3 rings (SSSR count). The second-order valence-corrected chi connectivity index (χ2v) is 5.59. The smallest absolute Gasteiger partial charge is 0.0587 e. The van der Waals surface area contributed by atoms with Crippen LogP contribution < -0.4 is 5.32 Å². The van der Waals surface area contributed by atoms with E-state index in [0.717, 1.165) is 13.0 Å². The molecule has 1 aliphatic rings. The van der Waals surface area contributed by atoms with E-state index < -0.39 is 0 Å². The second kappa shape index (κ2) is 5.99. The largest absolute Gasteiger partial charge is 0.306 e. The fourth-order valence-electron chi connectivity index (χ4n) is 3.35. The lowest BCUT2D eigenvalue weighted by molar-refractivity contribution is 0.561. The molecular formula is C18H22ClN. The molecule has 1 nitrogen and oxygen atoms in total. The van der Waals surface area contributed by atoms with Gasteiger partial charge < -0.3 is 5.32 Å². The molecule has 0 spiro atoms. The minimum Gasteiger partial charge on any atom is -0.306 e. The van der Waals surface area contributed by atoms with Gasteiger partial charge in [0.15, 0.2) is 0 Å². The van der Waals surface area contributed by atoms with Crippen molar-refractivity contribution in [3.05, 3.63) is 69.8 Å². The third-order valence-corrected chi connectivity index (χ3v) is 4.28. The number of hydrogen-bond acceptors (Lipinski definition) is 1. The van der Waals surface area contributed by atoms with Gasteiger partial charge in [-0.1, -0.05) is 36.4 Å². The van der Waals surface area contributed by atoms with Gasteiger partial charge in [0.2, 0.25) is 0 Å². The molecule has 106 valence electrons. The molecule has 1 aliphatic heterocycles. The molecule has 2 heteroatoms. The Hall–Kier alpha value is -1.31. The molecule has 1 atom stereocenters. The number of nitrogens with one attached hydrogen (secondary N) is 1. The second-order valence-electron chi connectivity index (χ2n) is 5.59. The van der Waals surface area contributed by atoms with E-state index in [1.807, 2.05) is 0 Å². The summed E-state index contributed by atoms with van der Waals surface area (Å²) in [6.07, 6.45) is 1.14. The Bertz CT molecular complexity index is 599. The molecule has 1 heterocycles. The molecule has 0 saturated heterocycles. The highest BCUT2D eigenvalue weighted by Gasteiger charge is 2.24. The van der Waals surface area contributed by atoms with E-state index in [4.69, 9.17) is 0 Å². The standard InChI is InChI=1S/C18H21N.ClH/c1-12-6-4-7-13(2)16(12)18-17-14(3)8-5-9-15(17)10-11-19-18;/h4-9,18-19H,10-11H2,1-3H3;1H/t18-;/m0./s1. The first-order valence-electron chi connectivity index (χ1n) is 7.06. The van der Waals surface area contributed by atoms with Crippen molar-refractivity contribution in [2.75, 3.05) is 6.54 Å². The number of hydrogen-bond donors (Lipinski definition) is 1. The Morgan fingerprint density at radius 1 is 0.850 bits per heavy atom. The maximum Gasteiger partial charge on any atom is 0.0587 e. The predicted octanol–water partition coefficient (Wildman–Crippen LogP) is 4.27. The maximum absolute atomic E-state index is 3.71. The van der Waals surface area contributed by atoms with Crippen LogP contribution in [-0.2, 0) is 6.42 Å². The van der Waals surface area contributed by atoms with Gasteiger partial charge in [-0.25, -0.2) is 0 Å². The quantitative estimate of drug-likeness (QED) is 0.826. The highest BCUT2D eigenvalue weighted by Crippen LogP contribution is 2.34. The first-order chi connectivity index (χ1) is 9.18. The average molecular weight is 288 g/mol. The monoisotopic (exact) mass is 287 g/mol. The van der Waals surface area contributed by atoms with Gasteiger partial charge in [0.1, 0.15) is 0 Å². The maximum atomic E-state index is 3.71. The van der Waals surface area contributed by atoms with E-state index in [1.165, 1.54) is 33.4 Å². The summed E-state index contributed by atoms with van der Waals surface area (Å²) in [5.41, 5.74) is 8.62. The summed E-state index contributed by atoms with van der Waals surface area (Å²) in [5.74, 6) is 0. The van der Waals surface area contributed by atoms with Crippen molar-refractivity contribution >= 4 is 12.4 Å². The van der Waals surface area contributed by atoms with Crippen molar-refractivity contribution in [3.8, 4) is 0 Å². The topological polar surface area (TPSA) is 12.0 Å². The SMILES string of the molecule is Cc1cccc(C)c1[C@@H]1NCCc2cccc(C)c21.Cl. The molecule has 0 unspecified atom stereocenters. The zero-order valence-electron chi connectivity index (χ0n) is 12.4. The molecule has 2 aromatic carbocycles. The molecule has 0 fully saturated rings. The van der Waals surface area contributed by atoms with Crippen molar-refractivity contribution in [2.24, 2.45) is 0 Å². The summed E-state index contributed by atoms with van der Waals surface area (Å²) in [7, 11) is 0. The van der Waals surface area contributed by atoms with E-state index >= 15 is 0 Å². The van der Waals surface area contributed by atoms with Crippen molar-refractivity contribution in [1.29, 1.82) is 0 Å². The Labute approximate surface area is 127 Å². The third-order valence-electron chi connectivity index (χ3n) is 4.28. The number of fused-ring (bicyclic) bond motifs is 1. The first kappa shape index (κ1) is 15.1. The van der Waals surface area contributed by atoms with Crippen LogP contribution in [0.3, 0.4) is 0 Å². The van der Waals surface area contributed by atoms with E-state index in [1.54, 1.807) is 0 Å². The Kier molecular flexibility index (Phi) is 4.52. The van der Waals surface area contributed by atoms with Gasteiger partial charge in [-0.15, -0.1) is 12.4 Å². The fraction of sp³-hybridized carbons (Fsp3) is 0.333. The van der Waals surface area contributed by atoms with Gasteiger partial charge in [0, 0.05) is 6.54 Å². The lowest BCUT2D eigenvalue weighted by Gasteiger charge is -2.31. The zero-order valence-corrected chi connectivity index (χ0v) is 13.2. The van der Waals surface area contributed by atoms with E-state index in [-0.39, 0.29) is 12.4 Å². The van der Waals surface area contributed by atoms with Crippen LogP contribution in [0, 0.1) is 20.8 Å². The highest BCUT2D eigenvalue weighted by molar-refractivity contribution is 5.85. The predicted molar refractivity (Wildman–Crippen MR) is 87.9 cm³/mol. The van der Waals surface area contributed by atoms with E-state index in [9.17, 15) is 0 Å². The normalized spacial score (nSPS) is 17.2. The van der Waals surface area contributed by atoms with Crippen LogP contribution in [0.4, 0.5) is 0 Å². The number of benzene rings is 2. The van der Waals surface area contributed by atoms with Crippen molar-refractivity contribution in [1.82, 2.24) is 5.32 Å². The summed E-state index contributed by atoms with van der Waals surface area (Å²) in [6.45, 7) is 7.73. The number of rotatable bonds is 1. The van der Waals surface area contributed by atoms with Crippen molar-refractivity contribution < 1.29 is 0 Å². The zero-order chi connectivity index (χ0) is 13.4. The van der Waals surface area contributed by atoms with Gasteiger partial charge in [0.05, 0.1) is 6.04 Å². The van der Waals surface area contributed by atoms with Crippen molar-refractivity contribution in [2.45, 2.75) is 33.2 Å². The fourth-order valence-corrected chi connectivity index (χ4v) is 3.35. The van der Waals surface area contributed by atoms with Crippen molar-refractivity contribution in [3.63, 3.8) is 0 Å². The molecular weight excluding hydrogens is 266 g/mol. The number of halogens is 1. The van der Waals surface area contributed by atoms with Gasteiger partial charge in [-0.05, 0) is 60.6 Å². The van der Waals surface area contributed by atoms with Gasteiger partial charge in [0.25, 0.3) is 0 Å². The molecule has 0 amide bonds. The Morgan fingerprint density at radius 3 is 2.05 bits per heavy atom. The van der Waals surface area contributed by atoms with E-state index in [2.05, 4.69) is 62.5 Å². The lowest BCUT2D eigenvalue weighted by Crippen LogP contribution is -2.32. The van der Waals surface area contributed by atoms with Crippen LogP contribution in [-0.4, -0.2) is 6.54 Å². The summed E-state index contributed by atoms with van der Waals surface area (Å²) in [5, 5.41) is 3.71. The minimum absolute atomic E-state index is 0. The summed E-state index contributed by atoms with van der Waals surface area (Å²) < 4.78 is 0. The molecule has 0 radical (unpaired) electrons. The van der Waals surface area contributed by atoms with Crippen LogP contribution in [0.1, 0.15) is 39.4 Å². The Balaban J connectivity index is 0.00000147. The molecule has 0 bridgehead atoms. The van der Waals surface area contributed by atoms with E-state index in [0.29, 0.717) is 6.04 Å². The molecule has 20 heavy (non-hydrogen) atoms.